The third-order valence-electron chi connectivity index (χ3n) is 3.06. The zero-order chi connectivity index (χ0) is 12.7. The third-order valence-corrected chi connectivity index (χ3v) is 3.06. The van der Waals surface area contributed by atoms with E-state index >= 15 is 0 Å². The van der Waals surface area contributed by atoms with Gasteiger partial charge in [0, 0.05) is 6.54 Å². The third kappa shape index (κ3) is 4.89. The Kier molecular flexibility index (Phi) is 5.52. The lowest BCUT2D eigenvalue weighted by atomic mass is 9.82. The first-order valence-electron chi connectivity index (χ1n) is 5.87. The molecule has 1 saturated carbocycles. The maximum absolute atomic E-state index is 11.1. The molecule has 5 heteroatoms. The molecule has 1 aliphatic carbocycles. The van der Waals surface area contributed by atoms with Gasteiger partial charge in [-0.3, -0.25) is 4.79 Å². The van der Waals surface area contributed by atoms with Crippen molar-refractivity contribution in [1.82, 2.24) is 5.32 Å². The van der Waals surface area contributed by atoms with Gasteiger partial charge in [-0.2, -0.15) is 0 Å². The maximum atomic E-state index is 11.1. The summed E-state index contributed by atoms with van der Waals surface area (Å²) in [5.41, 5.74) is 0. The molecule has 0 bridgehead atoms. The predicted octanol–water partition coefficient (Wildman–Crippen LogP) is 1.79. The van der Waals surface area contributed by atoms with Crippen molar-refractivity contribution in [3.8, 4) is 0 Å². The van der Waals surface area contributed by atoms with Crippen LogP contribution < -0.4 is 5.32 Å². The Morgan fingerprint density at radius 1 is 1.35 bits per heavy atom. The van der Waals surface area contributed by atoms with Gasteiger partial charge < -0.3 is 15.2 Å². The van der Waals surface area contributed by atoms with Gasteiger partial charge in [-0.05, 0) is 31.6 Å². The number of rotatable bonds is 5. The van der Waals surface area contributed by atoms with E-state index in [-0.39, 0.29) is 12.5 Å². The Bertz CT molecular complexity index is 282. The summed E-state index contributed by atoms with van der Waals surface area (Å²) in [6.07, 6.45) is 4.16. The first kappa shape index (κ1) is 13.5. The number of nitrogens with one attached hydrogen (secondary N) is 1. The van der Waals surface area contributed by atoms with E-state index in [0.717, 1.165) is 12.8 Å². The number of hydrogen-bond acceptors (Lipinski definition) is 3. The highest BCUT2D eigenvalue weighted by atomic mass is 16.5. The number of aliphatic carboxylic acids is 1. The van der Waals surface area contributed by atoms with Crippen LogP contribution in [0.3, 0.4) is 0 Å². The van der Waals surface area contributed by atoms with Gasteiger partial charge in [0.05, 0.1) is 5.92 Å². The minimum Gasteiger partial charge on any atom is -0.481 e. The average molecular weight is 241 g/mol. The Hall–Kier alpha value is -1.52. The molecule has 0 heterocycles. The van der Waals surface area contributed by atoms with Crippen LogP contribution in [0.25, 0.3) is 0 Å². The van der Waals surface area contributed by atoms with Gasteiger partial charge in [-0.1, -0.05) is 12.7 Å². The van der Waals surface area contributed by atoms with Crippen molar-refractivity contribution in [3.63, 3.8) is 0 Å². The molecule has 0 aromatic rings. The molecule has 0 aliphatic heterocycles. The molecule has 0 aromatic heterocycles. The summed E-state index contributed by atoms with van der Waals surface area (Å²) in [6.45, 7) is 4.21. The molecule has 0 radical (unpaired) electrons. The highest BCUT2D eigenvalue weighted by Gasteiger charge is 2.25. The van der Waals surface area contributed by atoms with Crippen LogP contribution in [0, 0.1) is 11.8 Å². The lowest BCUT2D eigenvalue weighted by Gasteiger charge is -2.25. The normalized spacial score (nSPS) is 23.8. The molecule has 1 fully saturated rings. The molecule has 17 heavy (non-hydrogen) atoms. The van der Waals surface area contributed by atoms with E-state index in [1.54, 1.807) is 0 Å². The van der Waals surface area contributed by atoms with E-state index in [0.29, 0.717) is 25.3 Å². The zero-order valence-corrected chi connectivity index (χ0v) is 9.85. The number of carboxylic acids is 1. The number of alkyl carbamates (subject to hydrolysis) is 1. The Morgan fingerprint density at radius 3 is 2.53 bits per heavy atom. The van der Waals surface area contributed by atoms with Crippen molar-refractivity contribution < 1.29 is 19.4 Å². The van der Waals surface area contributed by atoms with Gasteiger partial charge in [0.25, 0.3) is 0 Å². The lowest BCUT2D eigenvalue weighted by Crippen LogP contribution is -2.32. The van der Waals surface area contributed by atoms with E-state index in [1.807, 2.05) is 0 Å². The second kappa shape index (κ2) is 6.93. The van der Waals surface area contributed by atoms with Gasteiger partial charge in [-0.15, -0.1) is 0 Å². The van der Waals surface area contributed by atoms with Crippen LogP contribution in [0.1, 0.15) is 25.7 Å². The average Bonchev–Trinajstić information content (AvgIpc) is 2.34. The highest BCUT2D eigenvalue weighted by Crippen LogP contribution is 2.28. The SMILES string of the molecule is C=CCOC(=O)NC[C@H]1CC[C@H](C(=O)O)CC1. The van der Waals surface area contributed by atoms with Gasteiger partial charge in [-0.25, -0.2) is 4.79 Å². The van der Waals surface area contributed by atoms with Crippen molar-refractivity contribution in [2.75, 3.05) is 13.2 Å². The maximum Gasteiger partial charge on any atom is 0.407 e. The molecule has 0 aromatic carbocycles. The minimum absolute atomic E-state index is 0.206. The van der Waals surface area contributed by atoms with Crippen LogP contribution >= 0.6 is 0 Å². The summed E-state index contributed by atoms with van der Waals surface area (Å²) in [4.78, 5) is 21.9. The van der Waals surface area contributed by atoms with Crippen LogP contribution in [0.4, 0.5) is 4.79 Å². The number of hydrogen-bond donors (Lipinski definition) is 2. The van der Waals surface area contributed by atoms with E-state index < -0.39 is 12.1 Å². The fourth-order valence-electron chi connectivity index (χ4n) is 2.03. The molecule has 2 N–H and O–H groups in total. The quantitative estimate of drug-likeness (QED) is 0.719. The zero-order valence-electron chi connectivity index (χ0n) is 9.85. The molecular formula is C12H19NO4. The topological polar surface area (TPSA) is 75.6 Å². The summed E-state index contributed by atoms with van der Waals surface area (Å²) < 4.78 is 4.78. The predicted molar refractivity (Wildman–Crippen MR) is 62.6 cm³/mol. The van der Waals surface area contributed by atoms with Crippen molar-refractivity contribution in [2.45, 2.75) is 25.7 Å². The molecule has 96 valence electrons. The molecule has 0 atom stereocenters. The van der Waals surface area contributed by atoms with Crippen molar-refractivity contribution in [1.29, 1.82) is 0 Å². The fraction of sp³-hybridized carbons (Fsp3) is 0.667. The molecule has 0 spiro atoms. The van der Waals surface area contributed by atoms with Crippen LogP contribution in [0.2, 0.25) is 0 Å². The lowest BCUT2D eigenvalue weighted by molar-refractivity contribution is -0.143. The second-order valence-corrected chi connectivity index (χ2v) is 4.32. The molecule has 1 rings (SSSR count). The van der Waals surface area contributed by atoms with E-state index in [4.69, 9.17) is 9.84 Å². The smallest absolute Gasteiger partial charge is 0.407 e. The Labute approximate surface area is 101 Å². The second-order valence-electron chi connectivity index (χ2n) is 4.32. The number of carbonyl (C=O) groups is 2. The van der Waals surface area contributed by atoms with Crippen molar-refractivity contribution >= 4 is 12.1 Å². The Balaban J connectivity index is 2.15. The van der Waals surface area contributed by atoms with Gasteiger partial charge in [0.1, 0.15) is 6.61 Å². The summed E-state index contributed by atoms with van der Waals surface area (Å²) >= 11 is 0. The Morgan fingerprint density at radius 2 is 2.00 bits per heavy atom. The summed E-state index contributed by atoms with van der Waals surface area (Å²) in [5, 5.41) is 11.5. The number of amides is 1. The molecule has 5 nitrogen and oxygen atoms in total. The molecular weight excluding hydrogens is 222 g/mol. The van der Waals surface area contributed by atoms with Crippen molar-refractivity contribution in [3.05, 3.63) is 12.7 Å². The van der Waals surface area contributed by atoms with Crippen LogP contribution in [0.15, 0.2) is 12.7 Å². The van der Waals surface area contributed by atoms with Crippen LogP contribution in [0.5, 0.6) is 0 Å². The first-order valence-corrected chi connectivity index (χ1v) is 5.87. The standard InChI is InChI=1S/C12H19NO4/c1-2-7-17-12(16)13-8-9-3-5-10(6-4-9)11(14)15/h2,9-10H,1,3-8H2,(H,13,16)(H,14,15)/t9-,10-. The summed E-state index contributed by atoms with van der Waals surface area (Å²) in [6, 6.07) is 0. The van der Waals surface area contributed by atoms with Crippen LogP contribution in [-0.4, -0.2) is 30.3 Å². The summed E-state index contributed by atoms with van der Waals surface area (Å²) in [7, 11) is 0. The highest BCUT2D eigenvalue weighted by molar-refractivity contribution is 5.70. The van der Waals surface area contributed by atoms with E-state index in [9.17, 15) is 9.59 Å². The number of carbonyl (C=O) groups excluding carboxylic acids is 1. The monoisotopic (exact) mass is 241 g/mol. The number of carboxylic acid groups (broad SMARTS) is 1. The van der Waals surface area contributed by atoms with Gasteiger partial charge >= 0.3 is 12.1 Å². The van der Waals surface area contributed by atoms with E-state index in [2.05, 4.69) is 11.9 Å². The summed E-state index contributed by atoms with van der Waals surface area (Å²) in [5.74, 6) is -0.553. The molecule has 0 unspecified atom stereocenters. The molecule has 1 aliphatic rings. The van der Waals surface area contributed by atoms with Gasteiger partial charge in [0.15, 0.2) is 0 Å². The fourth-order valence-corrected chi connectivity index (χ4v) is 2.03. The molecule has 1 amide bonds. The first-order chi connectivity index (χ1) is 8.13. The molecule has 0 saturated heterocycles. The van der Waals surface area contributed by atoms with Crippen LogP contribution in [-0.2, 0) is 9.53 Å². The van der Waals surface area contributed by atoms with Crippen molar-refractivity contribution in [2.24, 2.45) is 11.8 Å². The minimum atomic E-state index is -0.707. The number of ether oxygens (including phenoxy) is 1. The van der Waals surface area contributed by atoms with Gasteiger partial charge in [0.2, 0.25) is 0 Å². The van der Waals surface area contributed by atoms with E-state index in [1.165, 1.54) is 6.08 Å². The largest absolute Gasteiger partial charge is 0.481 e.